The molecule has 0 spiro atoms. The molecule has 0 rings (SSSR count). The molecule has 0 N–H and O–H groups in total. The SMILES string of the molecule is C[C-](C)C.C[C-](C)C.[CH3-].[CH3-].[W].[W].[W].[W].[W].[W].[W].[W].[W].[W]=[W]. The van der Waals surface area contributed by atoms with Gasteiger partial charge in [0.15, 0.2) is 0 Å². The van der Waals surface area contributed by atoms with E-state index in [1.807, 2.05) is 0 Å². The van der Waals surface area contributed by atoms with Crippen LogP contribution in [0.1, 0.15) is 41.5 Å². The summed E-state index contributed by atoms with van der Waals surface area (Å²) in [4.78, 5) is 0. The first kappa shape index (κ1) is 102. The third kappa shape index (κ3) is 314. The summed E-state index contributed by atoms with van der Waals surface area (Å²) in [6.45, 7) is 12.5. The molecule has 11 heteroatoms. The Kier molecular flexibility index (Phi) is 515. The van der Waals surface area contributed by atoms with Crippen molar-refractivity contribution < 1.29 is 222 Å². The van der Waals surface area contributed by atoms with Crippen molar-refractivity contribution in [3.05, 3.63) is 26.7 Å². The molecule has 21 heavy (non-hydrogen) atoms. The predicted octanol–water partition coefficient (Wildman–Crippen LogP) is 4.11. The van der Waals surface area contributed by atoms with E-state index < -0.39 is 0 Å². The van der Waals surface area contributed by atoms with Crippen LogP contribution in [0.2, 0.25) is 0 Å². The van der Waals surface area contributed by atoms with Gasteiger partial charge in [-0.2, -0.15) is 41.5 Å². The van der Waals surface area contributed by atoms with E-state index in [2.05, 4.69) is 41.5 Å². The Morgan fingerprint density at radius 3 is 0.381 bits per heavy atom. The molecule has 134 valence electrons. The van der Waals surface area contributed by atoms with Crippen molar-refractivity contribution in [1.29, 1.82) is 0 Å². The van der Waals surface area contributed by atoms with Crippen LogP contribution in [-0.4, -0.2) is 0 Å². The van der Waals surface area contributed by atoms with Gasteiger partial charge in [-0.1, -0.05) is 0 Å². The molecule has 0 aliphatic carbocycles. The minimum absolute atomic E-state index is 0. The van der Waals surface area contributed by atoms with Crippen molar-refractivity contribution in [2.24, 2.45) is 0 Å². The van der Waals surface area contributed by atoms with Gasteiger partial charge < -0.3 is 26.7 Å². The molecule has 0 aromatic heterocycles. The third-order valence-electron chi connectivity index (χ3n) is 0. The van der Waals surface area contributed by atoms with E-state index >= 15 is 0 Å². The Balaban J connectivity index is -0.00000000237. The van der Waals surface area contributed by atoms with Gasteiger partial charge in [-0.3, -0.25) is 0 Å². The van der Waals surface area contributed by atoms with Crippen LogP contribution in [0.4, 0.5) is 0 Å². The fraction of sp³-hybridized carbons (Fsp3) is 0.600. The third-order valence-corrected chi connectivity index (χ3v) is 0. The average Bonchev–Trinajstić information content (AvgIpc) is 1.66. The standard InChI is InChI=1S/2C4H9.2CH3.11W/c2*1-4(2)3;;;;;;;;;;;;;/h2*1-3H3;2*1H3;;;;;;;;;;;/q4*-1;;;;;;;;;;;. The average molecular weight is 2170 g/mol. The van der Waals surface area contributed by atoms with Gasteiger partial charge in [-0.25, -0.2) is 0 Å². The Bertz CT molecular complexity index is 44.8. The second-order valence-electron chi connectivity index (χ2n) is 3.00. The second kappa shape index (κ2) is 106. The normalized spacial score (nSPS) is 3.62. The van der Waals surface area contributed by atoms with E-state index in [1.165, 1.54) is 11.8 Å². The molecule has 0 nitrogen and oxygen atoms in total. The zero-order valence-corrected chi connectivity index (χ0v) is 45.8. The summed E-state index contributed by atoms with van der Waals surface area (Å²) in [5.41, 5.74) is 0. The molecule has 0 aliphatic rings. The van der Waals surface area contributed by atoms with Crippen LogP contribution < -0.4 is 0 Å². The maximum atomic E-state index is 2.08. The molecule has 0 amide bonds. The molecule has 0 saturated heterocycles. The molecule has 0 aromatic rings. The van der Waals surface area contributed by atoms with Gasteiger partial charge in [-0.05, 0) is 0 Å². The molecule has 0 aromatic carbocycles. The fourth-order valence-corrected chi connectivity index (χ4v) is 0. The quantitative estimate of drug-likeness (QED) is 0.321. The molecule has 0 saturated carbocycles. The number of rotatable bonds is 0. The van der Waals surface area contributed by atoms with E-state index in [0.717, 1.165) is 0 Å². The van der Waals surface area contributed by atoms with Crippen molar-refractivity contribution >= 4 is 0 Å². The first-order valence-corrected chi connectivity index (χ1v) is 14.2. The van der Waals surface area contributed by atoms with Gasteiger partial charge in [0.25, 0.3) is 0 Å². The molecule has 0 radical (unpaired) electrons. The molecule has 0 unspecified atom stereocenters. The zero-order valence-electron chi connectivity index (χ0n) is 13.5. The summed E-state index contributed by atoms with van der Waals surface area (Å²) in [5.74, 6) is 2.83. The summed E-state index contributed by atoms with van der Waals surface area (Å²) < 4.78 is 0. The van der Waals surface area contributed by atoms with E-state index in [1.54, 1.807) is 32.4 Å². The van der Waals surface area contributed by atoms with E-state index in [9.17, 15) is 0 Å². The van der Waals surface area contributed by atoms with E-state index in [0.29, 0.717) is 0 Å². The first-order valence-electron chi connectivity index (χ1n) is 3.17. The molecule has 0 heterocycles. The molecular weight excluding hydrogens is 2140 g/mol. The maximum absolute atomic E-state index is 2.08. The van der Waals surface area contributed by atoms with Crippen molar-refractivity contribution in [3.8, 4) is 0 Å². The van der Waals surface area contributed by atoms with Gasteiger partial charge in [0.2, 0.25) is 0 Å². The topological polar surface area (TPSA) is 0 Å². The zero-order chi connectivity index (χ0) is 9.15. The van der Waals surface area contributed by atoms with Crippen molar-refractivity contribution in [2.45, 2.75) is 41.5 Å². The summed E-state index contributed by atoms with van der Waals surface area (Å²) in [6, 6.07) is 0. The number of hydrogen-bond donors (Lipinski definition) is 0. The summed E-state index contributed by atoms with van der Waals surface area (Å²) in [7, 11) is 0. The second-order valence-corrected chi connectivity index (χ2v) is 3.00. The van der Waals surface area contributed by atoms with Gasteiger partial charge in [0.1, 0.15) is 0 Å². The van der Waals surface area contributed by atoms with E-state index in [-0.39, 0.29) is 204 Å². The van der Waals surface area contributed by atoms with Crippen LogP contribution in [0, 0.1) is 26.7 Å². The Morgan fingerprint density at radius 1 is 0.381 bits per heavy atom. The first-order chi connectivity index (χ1) is 4.46. The molecule has 0 bridgehead atoms. The van der Waals surface area contributed by atoms with Gasteiger partial charge >= 0.3 is 32.4 Å². The van der Waals surface area contributed by atoms with Crippen LogP contribution in [-0.2, 0) is 222 Å². The predicted molar refractivity (Wildman–Crippen MR) is 53.4 cm³/mol. The molecule has 0 fully saturated rings. The Morgan fingerprint density at radius 2 is 0.381 bits per heavy atom. The molecule has 0 atom stereocenters. The van der Waals surface area contributed by atoms with Crippen molar-refractivity contribution in [1.82, 2.24) is 0 Å². The van der Waals surface area contributed by atoms with Gasteiger partial charge in [0, 0.05) is 190 Å². The minimum atomic E-state index is 0. The molecule has 0 aliphatic heterocycles. The van der Waals surface area contributed by atoms with Gasteiger partial charge in [0.05, 0.1) is 0 Å². The Hall–Kier alpha value is 7.57. The van der Waals surface area contributed by atoms with Crippen LogP contribution in [0.15, 0.2) is 0 Å². The summed E-state index contributed by atoms with van der Waals surface area (Å²) >= 11 is 3.33. The van der Waals surface area contributed by atoms with Crippen LogP contribution >= 0.6 is 0 Å². The van der Waals surface area contributed by atoms with Crippen LogP contribution in [0.25, 0.3) is 0 Å². The Labute approximate surface area is 284 Å². The number of hydrogen-bond acceptors (Lipinski definition) is 0. The van der Waals surface area contributed by atoms with Gasteiger partial charge in [-0.15, -0.1) is 0 Å². The van der Waals surface area contributed by atoms with E-state index in [4.69, 9.17) is 0 Å². The summed E-state index contributed by atoms with van der Waals surface area (Å²) in [6.07, 6.45) is 0. The monoisotopic (exact) mass is 2170 g/mol. The van der Waals surface area contributed by atoms with Crippen molar-refractivity contribution in [2.75, 3.05) is 0 Å². The van der Waals surface area contributed by atoms with Crippen LogP contribution in [0.3, 0.4) is 0 Å². The molecular formula is C10H24W11-4. The van der Waals surface area contributed by atoms with Crippen molar-refractivity contribution in [3.63, 3.8) is 0 Å². The summed E-state index contributed by atoms with van der Waals surface area (Å²) in [5, 5.41) is 0. The fourth-order valence-electron chi connectivity index (χ4n) is 0. The van der Waals surface area contributed by atoms with Crippen LogP contribution in [0.5, 0.6) is 0 Å².